The van der Waals surface area contributed by atoms with Crippen LogP contribution in [0.3, 0.4) is 0 Å². The van der Waals surface area contributed by atoms with E-state index >= 15 is 0 Å². The van der Waals surface area contributed by atoms with Gasteiger partial charge in [0.2, 0.25) is 5.91 Å². The lowest BCUT2D eigenvalue weighted by Gasteiger charge is -2.15. The first-order valence-electron chi connectivity index (χ1n) is 9.55. The van der Waals surface area contributed by atoms with Gasteiger partial charge >= 0.3 is 0 Å². The third kappa shape index (κ3) is 7.56. The molecule has 4 N–H and O–H groups in total. The fraction of sp³-hybridized carbons (Fsp3) is 0.429. The molecule has 0 aliphatic carbocycles. The van der Waals surface area contributed by atoms with E-state index in [1.165, 1.54) is 0 Å². The fourth-order valence-electron chi connectivity index (χ4n) is 2.69. The summed E-state index contributed by atoms with van der Waals surface area (Å²) in [7, 11) is 0. The van der Waals surface area contributed by atoms with Crippen molar-refractivity contribution in [2.45, 2.75) is 39.0 Å². The van der Waals surface area contributed by atoms with Crippen LogP contribution >= 0.6 is 12.6 Å². The van der Waals surface area contributed by atoms with Crippen molar-refractivity contribution in [1.29, 1.82) is 0 Å². The number of ether oxygens (including phenoxy) is 1. The zero-order valence-electron chi connectivity index (χ0n) is 16.8. The normalized spacial score (nSPS) is 12.0. The zero-order valence-corrected chi connectivity index (χ0v) is 17.7. The van der Waals surface area contributed by atoms with Gasteiger partial charge in [-0.15, -0.1) is 0 Å². The predicted molar refractivity (Wildman–Crippen MR) is 115 cm³/mol. The van der Waals surface area contributed by atoms with Crippen molar-refractivity contribution in [1.82, 2.24) is 10.6 Å². The number of benzene rings is 1. The van der Waals surface area contributed by atoms with E-state index in [1.807, 2.05) is 26.0 Å². The molecule has 2 amide bonds. The number of rotatable bonds is 11. The van der Waals surface area contributed by atoms with Crippen LogP contribution in [-0.2, 0) is 22.7 Å². The van der Waals surface area contributed by atoms with Crippen molar-refractivity contribution in [2.24, 2.45) is 5.73 Å². The Hall–Kier alpha value is -2.29. The summed E-state index contributed by atoms with van der Waals surface area (Å²) in [5, 5.41) is 5.38. The number of furan rings is 1. The number of nitrogens with one attached hydrogen (secondary N) is 2. The Labute approximate surface area is 176 Å². The van der Waals surface area contributed by atoms with Crippen LogP contribution in [0, 0.1) is 0 Å². The Bertz CT molecular complexity index is 793. The minimum atomic E-state index is -0.296. The monoisotopic (exact) mass is 419 g/mol. The van der Waals surface area contributed by atoms with Gasteiger partial charge in [0, 0.05) is 17.4 Å². The van der Waals surface area contributed by atoms with Gasteiger partial charge in [-0.25, -0.2) is 0 Å². The molecule has 0 bridgehead atoms. The van der Waals surface area contributed by atoms with E-state index in [1.54, 1.807) is 24.5 Å². The van der Waals surface area contributed by atoms with Gasteiger partial charge < -0.3 is 25.5 Å². The van der Waals surface area contributed by atoms with E-state index in [0.29, 0.717) is 30.3 Å². The Kier molecular flexibility index (Phi) is 9.24. The van der Waals surface area contributed by atoms with Gasteiger partial charge in [-0.05, 0) is 35.2 Å². The summed E-state index contributed by atoms with van der Waals surface area (Å²) in [6, 6.07) is 9.06. The Balaban J connectivity index is 1.95. The lowest BCUT2D eigenvalue weighted by Crippen LogP contribution is -2.37. The highest BCUT2D eigenvalue weighted by Gasteiger charge is 2.16. The topological polar surface area (TPSA) is 107 Å². The lowest BCUT2D eigenvalue weighted by atomic mass is 9.95. The summed E-state index contributed by atoms with van der Waals surface area (Å²) < 4.78 is 10.8. The molecule has 2 rings (SSSR count). The number of thiol groups is 1. The number of hydrogen-bond acceptors (Lipinski definition) is 6. The summed E-state index contributed by atoms with van der Waals surface area (Å²) in [5.74, 6) is 0.770. The molecule has 1 unspecified atom stereocenters. The van der Waals surface area contributed by atoms with Crippen molar-refractivity contribution < 1.29 is 18.7 Å². The van der Waals surface area contributed by atoms with Crippen LogP contribution in [0.1, 0.15) is 47.0 Å². The quantitative estimate of drug-likeness (QED) is 0.418. The highest BCUT2D eigenvalue weighted by Crippen LogP contribution is 2.21. The third-order valence-corrected chi connectivity index (χ3v) is 4.74. The van der Waals surface area contributed by atoms with Crippen LogP contribution < -0.4 is 16.4 Å². The second-order valence-corrected chi connectivity index (χ2v) is 7.44. The predicted octanol–water partition coefficient (Wildman–Crippen LogP) is 2.22. The van der Waals surface area contributed by atoms with Crippen molar-refractivity contribution in [2.75, 3.05) is 18.9 Å². The van der Waals surface area contributed by atoms with Crippen LogP contribution in [0.5, 0.6) is 0 Å². The van der Waals surface area contributed by atoms with Crippen molar-refractivity contribution in [3.8, 4) is 0 Å². The van der Waals surface area contributed by atoms with Gasteiger partial charge in [-0.3, -0.25) is 9.59 Å². The average Bonchev–Trinajstić information content (AvgIpc) is 3.23. The minimum absolute atomic E-state index is 0.116. The van der Waals surface area contributed by atoms with Gasteiger partial charge in [0.25, 0.3) is 5.91 Å². The highest BCUT2D eigenvalue weighted by molar-refractivity contribution is 7.80. The van der Waals surface area contributed by atoms with E-state index in [9.17, 15) is 9.59 Å². The first kappa shape index (κ1) is 23.0. The molecular weight excluding hydrogens is 390 g/mol. The van der Waals surface area contributed by atoms with E-state index in [-0.39, 0.29) is 36.9 Å². The van der Waals surface area contributed by atoms with E-state index in [0.717, 1.165) is 11.1 Å². The van der Waals surface area contributed by atoms with Gasteiger partial charge in [0.05, 0.1) is 32.6 Å². The molecular formula is C21H29N3O4S. The number of nitrogens with two attached hydrogens (primary N) is 1. The molecule has 0 aliphatic heterocycles. The Morgan fingerprint density at radius 3 is 2.69 bits per heavy atom. The Morgan fingerprint density at radius 2 is 2.03 bits per heavy atom. The van der Waals surface area contributed by atoms with Gasteiger partial charge in [-0.1, -0.05) is 26.0 Å². The summed E-state index contributed by atoms with van der Waals surface area (Å²) in [4.78, 5) is 24.7. The molecule has 1 atom stereocenters. The van der Waals surface area contributed by atoms with Crippen LogP contribution in [0.15, 0.2) is 41.0 Å². The van der Waals surface area contributed by atoms with Crippen molar-refractivity contribution >= 4 is 24.4 Å². The third-order valence-electron chi connectivity index (χ3n) is 4.27. The first-order valence-corrected chi connectivity index (χ1v) is 10.2. The molecule has 2 aromatic rings. The molecule has 0 aliphatic rings. The van der Waals surface area contributed by atoms with E-state index < -0.39 is 0 Å². The van der Waals surface area contributed by atoms with Crippen LogP contribution in [0.25, 0.3) is 0 Å². The molecule has 8 heteroatoms. The largest absolute Gasteiger partial charge is 0.467 e. The van der Waals surface area contributed by atoms with Crippen molar-refractivity contribution in [3.05, 3.63) is 59.0 Å². The van der Waals surface area contributed by atoms with Crippen LogP contribution in [0.4, 0.5) is 0 Å². The summed E-state index contributed by atoms with van der Waals surface area (Å²) in [6.45, 7) is 4.94. The molecule has 1 heterocycles. The summed E-state index contributed by atoms with van der Waals surface area (Å²) in [5.41, 5.74) is 8.11. The number of carbonyl (C=O) groups excluding carboxylic acids is 2. The molecule has 0 spiro atoms. The summed E-state index contributed by atoms with van der Waals surface area (Å²) >= 11 is 4.13. The lowest BCUT2D eigenvalue weighted by molar-refractivity contribution is -0.120. The van der Waals surface area contributed by atoms with E-state index in [2.05, 4.69) is 23.3 Å². The van der Waals surface area contributed by atoms with Gasteiger partial charge in [0.1, 0.15) is 5.76 Å². The number of carbonyl (C=O) groups is 2. The van der Waals surface area contributed by atoms with Gasteiger partial charge in [0.15, 0.2) is 0 Å². The number of amides is 2. The van der Waals surface area contributed by atoms with E-state index in [4.69, 9.17) is 14.9 Å². The molecule has 29 heavy (non-hydrogen) atoms. The zero-order chi connectivity index (χ0) is 21.2. The highest BCUT2D eigenvalue weighted by atomic mass is 32.1. The average molecular weight is 420 g/mol. The molecule has 0 radical (unpaired) electrons. The molecule has 1 aromatic carbocycles. The molecule has 158 valence electrons. The SMILES string of the molecule is CC(C)c1ccc(COCC(N)CS)cc1C(=O)NCC(=O)NCc1ccco1. The second kappa shape index (κ2) is 11.6. The summed E-state index contributed by atoms with van der Waals surface area (Å²) in [6.07, 6.45) is 1.54. The Morgan fingerprint density at radius 1 is 1.24 bits per heavy atom. The molecule has 1 aromatic heterocycles. The molecule has 7 nitrogen and oxygen atoms in total. The molecule has 0 fully saturated rings. The standard InChI is InChI=1S/C21H29N3O4S/c1-14(2)18-6-5-15(11-27-12-16(22)13-29)8-19(18)21(26)24-10-20(25)23-9-17-4-3-7-28-17/h3-8,14,16,29H,9-13,22H2,1-2H3,(H,23,25)(H,24,26). The maximum absolute atomic E-state index is 12.7. The second-order valence-electron chi connectivity index (χ2n) is 7.07. The fourth-order valence-corrected chi connectivity index (χ4v) is 2.80. The van der Waals surface area contributed by atoms with Crippen LogP contribution in [-0.4, -0.2) is 36.8 Å². The van der Waals surface area contributed by atoms with Crippen molar-refractivity contribution in [3.63, 3.8) is 0 Å². The minimum Gasteiger partial charge on any atom is -0.467 e. The van der Waals surface area contributed by atoms with Gasteiger partial charge in [-0.2, -0.15) is 12.6 Å². The maximum Gasteiger partial charge on any atom is 0.252 e. The van der Waals surface area contributed by atoms with Crippen LogP contribution in [0.2, 0.25) is 0 Å². The first-order chi connectivity index (χ1) is 13.9. The molecule has 0 saturated carbocycles. The molecule has 0 saturated heterocycles. The smallest absolute Gasteiger partial charge is 0.252 e. The number of hydrogen-bond donors (Lipinski definition) is 4. The maximum atomic E-state index is 12.7.